The highest BCUT2D eigenvalue weighted by Gasteiger charge is 2.17. The summed E-state index contributed by atoms with van der Waals surface area (Å²) < 4.78 is 12.7. The van der Waals surface area contributed by atoms with Crippen LogP contribution in [0.2, 0.25) is 0 Å². The number of nitrogens with zero attached hydrogens (tertiary/aromatic N) is 2. The number of hydrogen-bond acceptors (Lipinski definition) is 5. The van der Waals surface area contributed by atoms with Crippen LogP contribution in [-0.4, -0.2) is 34.8 Å². The van der Waals surface area contributed by atoms with Gasteiger partial charge in [-0.1, -0.05) is 11.8 Å². The lowest BCUT2D eigenvalue weighted by atomic mass is 10.2. The first kappa shape index (κ1) is 16.8. The van der Waals surface area contributed by atoms with E-state index in [0.29, 0.717) is 17.6 Å². The third kappa shape index (κ3) is 3.62. The molecule has 6 heteroatoms. The van der Waals surface area contributed by atoms with Crippen molar-refractivity contribution in [3.05, 3.63) is 34.5 Å². The van der Waals surface area contributed by atoms with Gasteiger partial charge in [-0.25, -0.2) is 4.98 Å². The molecule has 2 heterocycles. The fourth-order valence-electron chi connectivity index (χ4n) is 2.32. The van der Waals surface area contributed by atoms with Crippen LogP contribution in [0.25, 0.3) is 0 Å². The average molecular weight is 322 g/mol. The van der Waals surface area contributed by atoms with Crippen LogP contribution in [0.1, 0.15) is 33.2 Å². The number of methoxy groups -OCH3 is 1. The Morgan fingerprint density at radius 1 is 1.36 bits per heavy atom. The lowest BCUT2D eigenvalue weighted by molar-refractivity contribution is 0.102. The SMILES string of the molecule is COCCn1c(C)cc(C(=O)CSc2nc(C)c(C)o2)c1C. The highest BCUT2D eigenvalue weighted by Crippen LogP contribution is 2.23. The van der Waals surface area contributed by atoms with Crippen LogP contribution in [-0.2, 0) is 11.3 Å². The Balaban J connectivity index is 2.06. The maximum absolute atomic E-state index is 12.4. The van der Waals surface area contributed by atoms with E-state index in [2.05, 4.69) is 9.55 Å². The summed E-state index contributed by atoms with van der Waals surface area (Å²) in [6, 6.07) is 1.94. The number of thioether (sulfide) groups is 1. The van der Waals surface area contributed by atoms with Crippen LogP contribution in [0.15, 0.2) is 15.7 Å². The molecule has 0 aliphatic rings. The van der Waals surface area contributed by atoms with Gasteiger partial charge in [-0.3, -0.25) is 4.79 Å². The Hall–Kier alpha value is -1.53. The zero-order valence-electron chi connectivity index (χ0n) is 13.7. The molecular weight excluding hydrogens is 300 g/mol. The second-order valence-electron chi connectivity index (χ2n) is 5.26. The molecule has 0 fully saturated rings. The molecule has 0 spiro atoms. The van der Waals surface area contributed by atoms with Gasteiger partial charge >= 0.3 is 0 Å². The zero-order chi connectivity index (χ0) is 16.3. The Morgan fingerprint density at radius 3 is 2.68 bits per heavy atom. The molecule has 0 unspecified atom stereocenters. The minimum atomic E-state index is 0.0928. The molecule has 5 nitrogen and oxygen atoms in total. The van der Waals surface area contributed by atoms with Crippen LogP contribution in [0.3, 0.4) is 0 Å². The molecule has 0 radical (unpaired) electrons. The molecule has 0 amide bonds. The number of rotatable bonds is 7. The van der Waals surface area contributed by atoms with Gasteiger partial charge in [0.1, 0.15) is 5.76 Å². The van der Waals surface area contributed by atoms with Crippen LogP contribution < -0.4 is 0 Å². The lowest BCUT2D eigenvalue weighted by Crippen LogP contribution is -2.09. The number of ketones is 1. The van der Waals surface area contributed by atoms with Crippen molar-refractivity contribution in [3.8, 4) is 0 Å². The third-order valence-electron chi connectivity index (χ3n) is 3.73. The summed E-state index contributed by atoms with van der Waals surface area (Å²) in [6.45, 7) is 9.14. The van der Waals surface area contributed by atoms with Gasteiger partial charge in [-0.2, -0.15) is 0 Å². The molecule has 2 rings (SSSR count). The molecule has 120 valence electrons. The van der Waals surface area contributed by atoms with Crippen molar-refractivity contribution >= 4 is 17.5 Å². The summed E-state index contributed by atoms with van der Waals surface area (Å²) in [6.07, 6.45) is 0. The van der Waals surface area contributed by atoms with Crippen LogP contribution in [0.5, 0.6) is 0 Å². The standard InChI is InChI=1S/C16H22N2O3S/c1-10-8-14(12(3)18(10)6-7-20-5)15(19)9-22-16-17-11(2)13(4)21-16/h8H,6-7,9H2,1-5H3. The molecule has 0 aromatic carbocycles. The lowest BCUT2D eigenvalue weighted by Gasteiger charge is -2.08. The minimum Gasteiger partial charge on any atom is -0.437 e. The van der Waals surface area contributed by atoms with Crippen molar-refractivity contribution < 1.29 is 13.9 Å². The van der Waals surface area contributed by atoms with E-state index in [9.17, 15) is 4.79 Å². The molecular formula is C16H22N2O3S. The average Bonchev–Trinajstić information content (AvgIpc) is 2.95. The number of carbonyl (C=O) groups is 1. The maximum Gasteiger partial charge on any atom is 0.256 e. The van der Waals surface area contributed by atoms with E-state index in [0.717, 1.165) is 35.0 Å². The minimum absolute atomic E-state index is 0.0928. The first-order valence-electron chi connectivity index (χ1n) is 7.19. The van der Waals surface area contributed by atoms with Crippen molar-refractivity contribution in [2.45, 2.75) is 39.5 Å². The summed E-state index contributed by atoms with van der Waals surface area (Å²) in [4.78, 5) is 16.7. The van der Waals surface area contributed by atoms with Gasteiger partial charge in [0.15, 0.2) is 5.78 Å². The van der Waals surface area contributed by atoms with E-state index >= 15 is 0 Å². The van der Waals surface area contributed by atoms with E-state index in [-0.39, 0.29) is 5.78 Å². The number of hydrogen-bond donors (Lipinski definition) is 0. The van der Waals surface area contributed by atoms with Crippen LogP contribution in [0, 0.1) is 27.7 Å². The number of oxazole rings is 1. The van der Waals surface area contributed by atoms with Crippen molar-refractivity contribution in [1.29, 1.82) is 0 Å². The fourth-order valence-corrected chi connectivity index (χ4v) is 3.12. The Labute approximate surface area is 135 Å². The van der Waals surface area contributed by atoms with Gasteiger partial charge in [-0.15, -0.1) is 0 Å². The van der Waals surface area contributed by atoms with Crippen LogP contribution >= 0.6 is 11.8 Å². The van der Waals surface area contributed by atoms with Gasteiger partial charge < -0.3 is 13.7 Å². The summed E-state index contributed by atoms with van der Waals surface area (Å²) in [5.74, 6) is 1.22. The smallest absolute Gasteiger partial charge is 0.256 e. The molecule has 0 aliphatic heterocycles. The molecule has 2 aromatic rings. The first-order valence-corrected chi connectivity index (χ1v) is 8.18. The first-order chi connectivity index (χ1) is 10.4. The van der Waals surface area contributed by atoms with E-state index in [1.54, 1.807) is 7.11 Å². The fraction of sp³-hybridized carbons (Fsp3) is 0.500. The van der Waals surface area contributed by atoms with Crippen molar-refractivity contribution in [2.24, 2.45) is 0 Å². The Morgan fingerprint density at radius 2 is 2.09 bits per heavy atom. The molecule has 22 heavy (non-hydrogen) atoms. The Bertz CT molecular complexity index is 654. The highest BCUT2D eigenvalue weighted by molar-refractivity contribution is 7.99. The van der Waals surface area contributed by atoms with Gasteiger partial charge in [-0.05, 0) is 33.8 Å². The molecule has 0 saturated heterocycles. The molecule has 0 bridgehead atoms. The second-order valence-corrected chi connectivity index (χ2v) is 6.19. The molecule has 2 aromatic heterocycles. The maximum atomic E-state index is 12.4. The predicted molar refractivity (Wildman–Crippen MR) is 86.8 cm³/mol. The zero-order valence-corrected chi connectivity index (χ0v) is 14.5. The van der Waals surface area contributed by atoms with Crippen molar-refractivity contribution in [3.63, 3.8) is 0 Å². The number of carbonyl (C=O) groups excluding carboxylic acids is 1. The summed E-state index contributed by atoms with van der Waals surface area (Å²) in [5, 5.41) is 0.552. The monoisotopic (exact) mass is 322 g/mol. The number of ether oxygens (including phenoxy) is 1. The Kier molecular flexibility index (Phi) is 5.47. The summed E-state index contributed by atoms with van der Waals surface area (Å²) in [5.41, 5.74) is 3.69. The normalized spacial score (nSPS) is 11.1. The predicted octanol–water partition coefficient (Wildman–Crippen LogP) is 3.33. The van der Waals surface area contributed by atoms with Gasteiger partial charge in [0.05, 0.1) is 18.1 Å². The van der Waals surface area contributed by atoms with E-state index < -0.39 is 0 Å². The van der Waals surface area contributed by atoms with Gasteiger partial charge in [0, 0.05) is 30.6 Å². The molecule has 0 saturated carbocycles. The number of aryl methyl sites for hydroxylation is 3. The van der Waals surface area contributed by atoms with E-state index in [4.69, 9.17) is 9.15 Å². The summed E-state index contributed by atoms with van der Waals surface area (Å²) in [7, 11) is 1.68. The van der Waals surface area contributed by atoms with E-state index in [1.807, 2.05) is 33.8 Å². The molecule has 0 atom stereocenters. The third-order valence-corrected chi connectivity index (χ3v) is 4.56. The second kappa shape index (κ2) is 7.15. The summed E-state index contributed by atoms with van der Waals surface area (Å²) >= 11 is 1.34. The van der Waals surface area contributed by atoms with Gasteiger partial charge in [0.2, 0.25) is 0 Å². The topological polar surface area (TPSA) is 57.3 Å². The molecule has 0 aliphatic carbocycles. The number of aromatic nitrogens is 2. The largest absolute Gasteiger partial charge is 0.437 e. The molecule has 0 N–H and O–H groups in total. The van der Waals surface area contributed by atoms with Crippen molar-refractivity contribution in [1.82, 2.24) is 9.55 Å². The highest BCUT2D eigenvalue weighted by atomic mass is 32.2. The number of Topliss-reactive ketones (excluding diaryl/α,β-unsaturated/α-hetero) is 1. The van der Waals surface area contributed by atoms with Crippen molar-refractivity contribution in [2.75, 3.05) is 19.5 Å². The quantitative estimate of drug-likeness (QED) is 0.578. The van der Waals surface area contributed by atoms with Gasteiger partial charge in [0.25, 0.3) is 5.22 Å². The van der Waals surface area contributed by atoms with Crippen LogP contribution in [0.4, 0.5) is 0 Å². The van der Waals surface area contributed by atoms with E-state index in [1.165, 1.54) is 11.8 Å².